The van der Waals surface area contributed by atoms with Crippen LogP contribution in [-0.2, 0) is 6.18 Å². The Labute approximate surface area is 163 Å². The van der Waals surface area contributed by atoms with E-state index in [1.165, 1.54) is 18.5 Å². The third-order valence-electron chi connectivity index (χ3n) is 4.60. The number of hydrogen-bond acceptors (Lipinski definition) is 4. The van der Waals surface area contributed by atoms with E-state index in [1.54, 1.807) is 34.9 Å². The first-order valence-electron chi connectivity index (χ1n) is 8.69. The molecule has 0 saturated carbocycles. The topological polar surface area (TPSA) is 70.3 Å². The van der Waals surface area contributed by atoms with Gasteiger partial charge < -0.3 is 15.5 Å². The summed E-state index contributed by atoms with van der Waals surface area (Å²) in [4.78, 5) is 4.33. The Balaban J connectivity index is 1.78. The second-order valence-corrected chi connectivity index (χ2v) is 6.43. The molecule has 0 aliphatic heterocycles. The molecule has 0 aliphatic rings. The van der Waals surface area contributed by atoms with Crippen LogP contribution in [0.1, 0.15) is 5.56 Å². The van der Waals surface area contributed by atoms with Crippen molar-refractivity contribution in [3.63, 3.8) is 0 Å². The molecule has 0 aliphatic carbocycles. The summed E-state index contributed by atoms with van der Waals surface area (Å²) in [5, 5.41) is 20.7. The Morgan fingerprint density at radius 1 is 0.931 bits per heavy atom. The number of phenolic OH excluding ortho intramolecular Hbond substituents is 1. The first-order chi connectivity index (χ1) is 13.9. The minimum atomic E-state index is -4.57. The van der Waals surface area contributed by atoms with Gasteiger partial charge in [-0.2, -0.15) is 13.2 Å². The number of aliphatic hydroxyl groups excluding tert-OH is 1. The Morgan fingerprint density at radius 2 is 1.66 bits per heavy atom. The van der Waals surface area contributed by atoms with E-state index >= 15 is 0 Å². The summed E-state index contributed by atoms with van der Waals surface area (Å²) in [6.07, 6.45) is -3.10. The molecule has 0 spiro atoms. The molecule has 3 aromatic carbocycles. The maximum absolute atomic E-state index is 13.4. The number of nitrogens with one attached hydrogen (secondary N) is 1. The fraction of sp³-hybridized carbons (Fsp3) is 0.0952. The monoisotopic (exact) mass is 399 g/mol. The number of hydrogen-bond donors (Lipinski definition) is 3. The molecule has 0 bridgehead atoms. The summed E-state index contributed by atoms with van der Waals surface area (Å²) in [5.74, 6) is 0.165. The molecule has 5 nitrogen and oxygen atoms in total. The summed E-state index contributed by atoms with van der Waals surface area (Å²) in [7, 11) is 0. The van der Waals surface area contributed by atoms with E-state index in [2.05, 4.69) is 10.3 Å². The number of aliphatic hydroxyl groups is 1. The quantitative estimate of drug-likeness (QED) is 0.432. The van der Waals surface area contributed by atoms with Crippen LogP contribution in [0.4, 0.5) is 18.9 Å². The van der Waals surface area contributed by atoms with Crippen LogP contribution >= 0.6 is 0 Å². The Hall–Kier alpha value is -3.52. The van der Waals surface area contributed by atoms with Gasteiger partial charge >= 0.3 is 6.18 Å². The van der Waals surface area contributed by atoms with Gasteiger partial charge in [0.15, 0.2) is 0 Å². The second-order valence-electron chi connectivity index (χ2n) is 6.43. The van der Waals surface area contributed by atoms with Crippen molar-refractivity contribution in [1.82, 2.24) is 9.55 Å². The van der Waals surface area contributed by atoms with Crippen molar-refractivity contribution < 1.29 is 23.4 Å². The van der Waals surface area contributed by atoms with Gasteiger partial charge in [-0.25, -0.2) is 4.98 Å². The number of aromatic nitrogens is 2. The zero-order chi connectivity index (χ0) is 20.6. The highest BCUT2D eigenvalue weighted by molar-refractivity contribution is 5.83. The summed E-state index contributed by atoms with van der Waals surface area (Å²) in [6, 6.07) is 16.0. The zero-order valence-corrected chi connectivity index (χ0v) is 15.0. The molecular weight excluding hydrogens is 383 g/mol. The van der Waals surface area contributed by atoms with Crippen LogP contribution in [-0.4, -0.2) is 26.5 Å². The van der Waals surface area contributed by atoms with Gasteiger partial charge in [-0.1, -0.05) is 18.2 Å². The lowest BCUT2D eigenvalue weighted by Crippen LogP contribution is -2.12. The molecule has 1 aromatic heterocycles. The molecule has 0 saturated heterocycles. The van der Waals surface area contributed by atoms with Crippen LogP contribution in [0.3, 0.4) is 0 Å². The highest BCUT2D eigenvalue weighted by Crippen LogP contribution is 2.37. The minimum absolute atomic E-state index is 0.165. The summed E-state index contributed by atoms with van der Waals surface area (Å²) in [6.45, 7) is -0.601. The van der Waals surface area contributed by atoms with Gasteiger partial charge in [-0.3, -0.25) is 4.57 Å². The maximum Gasteiger partial charge on any atom is 0.418 e. The van der Waals surface area contributed by atoms with Crippen molar-refractivity contribution in [2.45, 2.75) is 6.18 Å². The summed E-state index contributed by atoms with van der Waals surface area (Å²) in [5.41, 5.74) is 2.29. The van der Waals surface area contributed by atoms with E-state index < -0.39 is 18.5 Å². The number of benzene rings is 3. The lowest BCUT2D eigenvalue weighted by atomic mass is 10.0. The molecule has 0 radical (unpaired) electrons. The minimum Gasteiger partial charge on any atom is -0.508 e. The fourth-order valence-corrected chi connectivity index (χ4v) is 3.21. The standard InChI is InChI=1S/C21H16F3N3O2/c22-21(23,24)17-10-15(4-7-18(17)26-12-28)27-11-25-19-9-14(3-8-20(19)27)13-1-5-16(29)6-2-13/h1-11,26,28-29H,12H2. The van der Waals surface area contributed by atoms with Crippen LogP contribution in [0, 0.1) is 0 Å². The van der Waals surface area contributed by atoms with Gasteiger partial charge in [0.25, 0.3) is 0 Å². The molecule has 148 valence electrons. The molecule has 8 heteroatoms. The van der Waals surface area contributed by atoms with Gasteiger partial charge in [0.2, 0.25) is 0 Å². The lowest BCUT2D eigenvalue weighted by molar-refractivity contribution is -0.137. The van der Waals surface area contributed by atoms with Gasteiger partial charge in [0.1, 0.15) is 18.8 Å². The SMILES string of the molecule is OCNc1ccc(-n2cnc3cc(-c4ccc(O)cc4)ccc32)cc1C(F)(F)F. The van der Waals surface area contributed by atoms with E-state index in [-0.39, 0.29) is 11.4 Å². The van der Waals surface area contributed by atoms with E-state index in [1.807, 2.05) is 12.1 Å². The highest BCUT2D eigenvalue weighted by Gasteiger charge is 2.34. The number of aromatic hydroxyl groups is 1. The molecule has 0 amide bonds. The smallest absolute Gasteiger partial charge is 0.418 e. The average molecular weight is 399 g/mol. The molecule has 0 unspecified atom stereocenters. The zero-order valence-electron chi connectivity index (χ0n) is 15.0. The normalized spacial score (nSPS) is 11.7. The van der Waals surface area contributed by atoms with Crippen molar-refractivity contribution in [3.05, 3.63) is 72.6 Å². The van der Waals surface area contributed by atoms with Gasteiger partial charge in [0.05, 0.1) is 16.6 Å². The second kappa shape index (κ2) is 7.14. The van der Waals surface area contributed by atoms with Gasteiger partial charge in [0, 0.05) is 11.4 Å². The number of alkyl halides is 3. The Bertz CT molecular complexity index is 1170. The van der Waals surface area contributed by atoms with Gasteiger partial charge in [-0.15, -0.1) is 0 Å². The van der Waals surface area contributed by atoms with Crippen LogP contribution in [0.25, 0.3) is 27.8 Å². The highest BCUT2D eigenvalue weighted by atomic mass is 19.4. The Kier molecular flexibility index (Phi) is 4.63. The molecule has 1 heterocycles. The number of rotatable bonds is 4. The van der Waals surface area contributed by atoms with E-state index in [0.29, 0.717) is 16.7 Å². The molecule has 4 aromatic rings. The molecule has 3 N–H and O–H groups in total. The van der Waals surface area contributed by atoms with E-state index in [9.17, 15) is 18.3 Å². The maximum atomic E-state index is 13.4. The van der Waals surface area contributed by atoms with Crippen molar-refractivity contribution in [1.29, 1.82) is 0 Å². The average Bonchev–Trinajstić information content (AvgIpc) is 3.11. The van der Waals surface area contributed by atoms with Crippen LogP contribution < -0.4 is 5.32 Å². The number of nitrogens with zero attached hydrogens (tertiary/aromatic N) is 2. The summed E-state index contributed by atoms with van der Waals surface area (Å²) < 4.78 is 41.8. The van der Waals surface area contributed by atoms with Crippen molar-refractivity contribution in [2.75, 3.05) is 12.0 Å². The van der Waals surface area contributed by atoms with Crippen LogP contribution in [0.5, 0.6) is 5.75 Å². The summed E-state index contributed by atoms with van der Waals surface area (Å²) >= 11 is 0. The molecule has 29 heavy (non-hydrogen) atoms. The number of phenols is 1. The van der Waals surface area contributed by atoms with Gasteiger partial charge in [-0.05, 0) is 53.6 Å². The number of imidazole rings is 1. The van der Waals surface area contributed by atoms with Crippen LogP contribution in [0.15, 0.2) is 67.0 Å². The lowest BCUT2D eigenvalue weighted by Gasteiger charge is -2.15. The predicted molar refractivity (Wildman–Crippen MR) is 104 cm³/mol. The first-order valence-corrected chi connectivity index (χ1v) is 8.69. The molecular formula is C21H16F3N3O2. The molecule has 0 fully saturated rings. The molecule has 0 atom stereocenters. The number of fused-ring (bicyclic) bond motifs is 1. The fourth-order valence-electron chi connectivity index (χ4n) is 3.21. The number of halogens is 3. The predicted octanol–water partition coefficient (Wildman–Crippen LogP) is 4.78. The van der Waals surface area contributed by atoms with Crippen molar-refractivity contribution in [2.24, 2.45) is 0 Å². The van der Waals surface area contributed by atoms with Crippen LogP contribution in [0.2, 0.25) is 0 Å². The third kappa shape index (κ3) is 3.62. The van der Waals surface area contributed by atoms with Crippen molar-refractivity contribution >= 4 is 16.7 Å². The van der Waals surface area contributed by atoms with E-state index in [0.717, 1.165) is 17.2 Å². The third-order valence-corrected chi connectivity index (χ3v) is 4.60. The largest absolute Gasteiger partial charge is 0.508 e. The number of anilines is 1. The Morgan fingerprint density at radius 3 is 2.34 bits per heavy atom. The first kappa shape index (κ1) is 18.8. The van der Waals surface area contributed by atoms with E-state index in [4.69, 9.17) is 5.11 Å². The van der Waals surface area contributed by atoms with Crippen molar-refractivity contribution in [3.8, 4) is 22.6 Å². The molecule has 4 rings (SSSR count).